The highest BCUT2D eigenvalue weighted by Crippen LogP contribution is 2.13. The number of nitrogens with one attached hydrogen (secondary N) is 1. The Morgan fingerprint density at radius 3 is 2.56 bits per heavy atom. The average Bonchev–Trinajstić information content (AvgIpc) is 2.15. The predicted molar refractivity (Wildman–Crippen MR) is 64.0 cm³/mol. The van der Waals surface area contributed by atoms with Gasteiger partial charge < -0.3 is 0 Å². The van der Waals surface area contributed by atoms with E-state index in [1.807, 2.05) is 32.9 Å². The second-order valence-electron chi connectivity index (χ2n) is 4.24. The maximum atomic E-state index is 11.7. The Hall–Kier alpha value is -1.84. The van der Waals surface area contributed by atoms with Gasteiger partial charge >= 0.3 is 5.69 Å². The topological polar surface area (TPSA) is 54.9 Å². The van der Waals surface area contributed by atoms with Gasteiger partial charge in [-0.15, -0.1) is 0 Å². The number of aromatic nitrogens is 2. The smallest absolute Gasteiger partial charge is 0.291 e. The van der Waals surface area contributed by atoms with Crippen LogP contribution < -0.4 is 11.2 Å². The lowest BCUT2D eigenvalue weighted by molar-refractivity contribution is 0.584. The van der Waals surface area contributed by atoms with Gasteiger partial charge in [-0.05, 0) is 38.5 Å². The molecule has 0 aliphatic rings. The third-order valence-corrected chi connectivity index (χ3v) is 2.61. The highest BCUT2D eigenvalue weighted by molar-refractivity contribution is 5.78. The molecule has 0 aliphatic heterocycles. The summed E-state index contributed by atoms with van der Waals surface area (Å²) >= 11 is 0. The zero-order valence-corrected chi connectivity index (χ0v) is 9.57. The molecular formula is C12H14N2O2. The van der Waals surface area contributed by atoms with Crippen LogP contribution in [-0.2, 0) is 0 Å². The molecule has 1 heterocycles. The fraction of sp³-hybridized carbons (Fsp3) is 0.333. The molecular weight excluding hydrogens is 204 g/mol. The van der Waals surface area contributed by atoms with Gasteiger partial charge in [0.2, 0.25) is 0 Å². The van der Waals surface area contributed by atoms with Crippen LogP contribution in [0.4, 0.5) is 0 Å². The number of hydrogen-bond donors (Lipinski definition) is 1. The number of fused-ring (bicyclic) bond motifs is 1. The lowest BCUT2D eigenvalue weighted by Gasteiger charge is -2.13. The summed E-state index contributed by atoms with van der Waals surface area (Å²) in [5.74, 6) is 0. The Kier molecular flexibility index (Phi) is 2.42. The van der Waals surface area contributed by atoms with Crippen molar-refractivity contribution in [2.45, 2.75) is 26.8 Å². The number of rotatable bonds is 1. The molecule has 1 aromatic heterocycles. The molecule has 84 valence electrons. The van der Waals surface area contributed by atoms with Crippen LogP contribution >= 0.6 is 0 Å². The Bertz CT molecular complexity index is 650. The molecule has 0 unspecified atom stereocenters. The van der Waals surface area contributed by atoms with Gasteiger partial charge in [-0.25, -0.2) is 4.79 Å². The van der Waals surface area contributed by atoms with Crippen LogP contribution in [0, 0.1) is 6.92 Å². The summed E-state index contributed by atoms with van der Waals surface area (Å²) in [6.07, 6.45) is 0. The fourth-order valence-corrected chi connectivity index (χ4v) is 1.88. The first-order chi connectivity index (χ1) is 7.50. The molecule has 0 spiro atoms. The molecule has 0 bridgehead atoms. The van der Waals surface area contributed by atoms with Crippen LogP contribution in [0.3, 0.4) is 0 Å². The van der Waals surface area contributed by atoms with E-state index in [0.717, 1.165) is 5.56 Å². The first kappa shape index (κ1) is 10.7. The van der Waals surface area contributed by atoms with Gasteiger partial charge in [-0.2, -0.15) is 0 Å². The largest absolute Gasteiger partial charge is 0.329 e. The molecule has 0 atom stereocenters. The van der Waals surface area contributed by atoms with Crippen molar-refractivity contribution < 1.29 is 0 Å². The second kappa shape index (κ2) is 3.63. The number of aromatic amines is 1. The molecule has 0 aliphatic carbocycles. The van der Waals surface area contributed by atoms with Crippen LogP contribution in [0.5, 0.6) is 0 Å². The third-order valence-electron chi connectivity index (χ3n) is 2.61. The number of hydrogen-bond acceptors (Lipinski definition) is 2. The molecule has 4 heteroatoms. The number of H-pyrrole nitrogens is 1. The van der Waals surface area contributed by atoms with Crippen molar-refractivity contribution in [3.8, 4) is 0 Å². The third kappa shape index (κ3) is 1.56. The Morgan fingerprint density at radius 2 is 1.94 bits per heavy atom. The molecule has 0 fully saturated rings. The molecule has 0 amide bonds. The zero-order valence-electron chi connectivity index (χ0n) is 9.57. The zero-order chi connectivity index (χ0) is 11.9. The van der Waals surface area contributed by atoms with E-state index in [4.69, 9.17) is 0 Å². The number of nitrogens with zero attached hydrogens (tertiary/aromatic N) is 1. The standard InChI is InChI=1S/C12H14N2O2/c1-7(2)14-10-6-8(3)4-5-9(10)11(15)13-12(14)16/h4-7H,1-3H3,(H,13,15,16). The predicted octanol–water partition coefficient (Wildman–Crippen LogP) is 1.58. The van der Waals surface area contributed by atoms with Gasteiger partial charge in [0.1, 0.15) is 0 Å². The van der Waals surface area contributed by atoms with E-state index < -0.39 is 0 Å². The highest BCUT2D eigenvalue weighted by atomic mass is 16.2. The summed E-state index contributed by atoms with van der Waals surface area (Å²) in [6.45, 7) is 5.78. The molecule has 2 rings (SSSR count). The molecule has 2 aromatic rings. The van der Waals surface area contributed by atoms with Crippen LogP contribution in [0.1, 0.15) is 25.5 Å². The van der Waals surface area contributed by atoms with E-state index in [-0.39, 0.29) is 17.3 Å². The lowest BCUT2D eigenvalue weighted by Crippen LogP contribution is -2.31. The van der Waals surface area contributed by atoms with Gasteiger partial charge in [0.15, 0.2) is 0 Å². The minimum absolute atomic E-state index is 0.0219. The first-order valence-corrected chi connectivity index (χ1v) is 5.26. The molecule has 16 heavy (non-hydrogen) atoms. The van der Waals surface area contributed by atoms with E-state index in [1.54, 1.807) is 10.6 Å². The van der Waals surface area contributed by atoms with Gasteiger partial charge in [0.05, 0.1) is 10.9 Å². The summed E-state index contributed by atoms with van der Waals surface area (Å²) in [5, 5.41) is 0.555. The normalized spacial score (nSPS) is 11.2. The summed E-state index contributed by atoms with van der Waals surface area (Å²) in [5.41, 5.74) is 1.06. The van der Waals surface area contributed by atoms with Crippen molar-refractivity contribution in [1.82, 2.24) is 9.55 Å². The van der Waals surface area contributed by atoms with Crippen molar-refractivity contribution in [3.05, 3.63) is 44.6 Å². The monoisotopic (exact) mass is 218 g/mol. The Balaban J connectivity index is 3.04. The van der Waals surface area contributed by atoms with Gasteiger partial charge in [-0.1, -0.05) is 6.07 Å². The average molecular weight is 218 g/mol. The highest BCUT2D eigenvalue weighted by Gasteiger charge is 2.09. The summed E-state index contributed by atoms with van der Waals surface area (Å²) in [4.78, 5) is 25.7. The second-order valence-corrected chi connectivity index (χ2v) is 4.24. The van der Waals surface area contributed by atoms with Gasteiger partial charge in [0, 0.05) is 6.04 Å². The van der Waals surface area contributed by atoms with Gasteiger partial charge in [-0.3, -0.25) is 14.3 Å². The number of benzene rings is 1. The molecule has 0 saturated heterocycles. The van der Waals surface area contributed by atoms with Crippen molar-refractivity contribution in [3.63, 3.8) is 0 Å². The lowest BCUT2D eigenvalue weighted by atomic mass is 10.1. The molecule has 0 radical (unpaired) electrons. The van der Waals surface area contributed by atoms with E-state index in [0.29, 0.717) is 10.9 Å². The molecule has 1 N–H and O–H groups in total. The summed E-state index contributed by atoms with van der Waals surface area (Å²) < 4.78 is 1.60. The maximum Gasteiger partial charge on any atom is 0.329 e. The quantitative estimate of drug-likeness (QED) is 0.790. The summed E-state index contributed by atoms with van der Waals surface area (Å²) in [6, 6.07) is 5.51. The van der Waals surface area contributed by atoms with E-state index in [1.165, 1.54) is 0 Å². The van der Waals surface area contributed by atoms with E-state index >= 15 is 0 Å². The minimum atomic E-state index is -0.349. The summed E-state index contributed by atoms with van der Waals surface area (Å²) in [7, 11) is 0. The minimum Gasteiger partial charge on any atom is -0.291 e. The van der Waals surface area contributed by atoms with Crippen LogP contribution in [0.25, 0.3) is 10.9 Å². The maximum absolute atomic E-state index is 11.7. The fourth-order valence-electron chi connectivity index (χ4n) is 1.88. The first-order valence-electron chi connectivity index (χ1n) is 5.26. The van der Waals surface area contributed by atoms with Crippen molar-refractivity contribution >= 4 is 10.9 Å². The number of aryl methyl sites for hydroxylation is 1. The van der Waals surface area contributed by atoms with E-state index in [9.17, 15) is 9.59 Å². The molecule has 0 saturated carbocycles. The SMILES string of the molecule is Cc1ccc2c(=O)[nH]c(=O)n(C(C)C)c2c1. The van der Waals surface area contributed by atoms with Crippen molar-refractivity contribution in [2.75, 3.05) is 0 Å². The van der Waals surface area contributed by atoms with Crippen LogP contribution in [-0.4, -0.2) is 9.55 Å². The van der Waals surface area contributed by atoms with Crippen molar-refractivity contribution in [2.24, 2.45) is 0 Å². The van der Waals surface area contributed by atoms with Crippen LogP contribution in [0.15, 0.2) is 27.8 Å². The Labute approximate surface area is 92.5 Å². The Morgan fingerprint density at radius 1 is 1.25 bits per heavy atom. The van der Waals surface area contributed by atoms with E-state index in [2.05, 4.69) is 4.98 Å². The van der Waals surface area contributed by atoms with Crippen molar-refractivity contribution in [1.29, 1.82) is 0 Å². The molecule has 4 nitrogen and oxygen atoms in total. The molecule has 1 aromatic carbocycles. The van der Waals surface area contributed by atoms with Gasteiger partial charge in [0.25, 0.3) is 5.56 Å². The van der Waals surface area contributed by atoms with Crippen LogP contribution in [0.2, 0.25) is 0 Å².